The lowest BCUT2D eigenvalue weighted by Gasteiger charge is -2.34. The molecule has 22 heavy (non-hydrogen) atoms. The van der Waals surface area contributed by atoms with Crippen molar-refractivity contribution in [1.82, 2.24) is 4.90 Å². The van der Waals surface area contributed by atoms with Gasteiger partial charge in [-0.05, 0) is 46.2 Å². The first kappa shape index (κ1) is 18.3. The van der Waals surface area contributed by atoms with Crippen LogP contribution in [0, 0.1) is 6.92 Å². The van der Waals surface area contributed by atoms with Crippen LogP contribution in [0.3, 0.4) is 0 Å². The Hall–Kier alpha value is -1.75. The van der Waals surface area contributed by atoms with Crippen molar-refractivity contribution in [3.63, 3.8) is 0 Å². The molecular weight excluding hydrogens is 304 g/mol. The molecule has 0 aliphatic heterocycles. The predicted octanol–water partition coefficient (Wildman–Crippen LogP) is 3.24. The minimum absolute atomic E-state index is 0.413. The van der Waals surface area contributed by atoms with E-state index in [2.05, 4.69) is 5.32 Å². The lowest BCUT2D eigenvalue weighted by Crippen LogP contribution is -2.49. The Bertz CT molecular complexity index is 579. The molecule has 0 atom stereocenters. The Labute approximate surface area is 136 Å². The Morgan fingerprint density at radius 3 is 2.36 bits per heavy atom. The van der Waals surface area contributed by atoms with Gasteiger partial charge < -0.3 is 15.0 Å². The second kappa shape index (κ2) is 7.01. The van der Waals surface area contributed by atoms with Crippen molar-refractivity contribution in [3.05, 3.63) is 22.7 Å². The number of likely N-dealkylation sites (N-methyl/N-ethyl adjacent to an activating group) is 1. The Balaban J connectivity index is 3.02. The highest BCUT2D eigenvalue weighted by molar-refractivity contribution is 6.40. The number of anilines is 1. The molecule has 0 unspecified atom stereocenters. The molecule has 2 amide bonds. The van der Waals surface area contributed by atoms with Crippen molar-refractivity contribution in [2.24, 2.45) is 0 Å². The fourth-order valence-corrected chi connectivity index (χ4v) is 2.30. The maximum absolute atomic E-state index is 12.3. The van der Waals surface area contributed by atoms with E-state index in [1.165, 1.54) is 12.0 Å². The number of aryl methyl sites for hydroxylation is 1. The van der Waals surface area contributed by atoms with Gasteiger partial charge in [0.25, 0.3) is 0 Å². The van der Waals surface area contributed by atoms with Gasteiger partial charge in [0.05, 0.1) is 12.8 Å². The van der Waals surface area contributed by atoms with Crippen LogP contribution < -0.4 is 10.1 Å². The molecule has 0 aliphatic rings. The molecule has 0 spiro atoms. The minimum atomic E-state index is -0.697. The number of amides is 2. The summed E-state index contributed by atoms with van der Waals surface area (Å²) in [6.07, 6.45) is 0. The van der Waals surface area contributed by atoms with Gasteiger partial charge in [0.1, 0.15) is 5.75 Å². The number of ether oxygens (including phenoxy) is 1. The first-order chi connectivity index (χ1) is 10.1. The number of hydrogen-bond donors (Lipinski definition) is 1. The van der Waals surface area contributed by atoms with Crippen LogP contribution in [-0.2, 0) is 9.59 Å². The van der Waals surface area contributed by atoms with E-state index in [9.17, 15) is 9.59 Å². The number of halogens is 1. The third-order valence-corrected chi connectivity index (χ3v) is 3.70. The lowest BCUT2D eigenvalue weighted by atomic mass is 10.1. The lowest BCUT2D eigenvalue weighted by molar-refractivity contribution is -0.146. The Morgan fingerprint density at radius 2 is 1.91 bits per heavy atom. The molecule has 0 radical (unpaired) electrons. The molecule has 1 aromatic carbocycles. The van der Waals surface area contributed by atoms with Crippen molar-refractivity contribution in [1.29, 1.82) is 0 Å². The van der Waals surface area contributed by atoms with E-state index in [0.717, 1.165) is 5.56 Å². The number of benzene rings is 1. The highest BCUT2D eigenvalue weighted by atomic mass is 35.5. The van der Waals surface area contributed by atoms with Gasteiger partial charge in [0.2, 0.25) is 0 Å². The van der Waals surface area contributed by atoms with Gasteiger partial charge in [-0.25, -0.2) is 0 Å². The summed E-state index contributed by atoms with van der Waals surface area (Å²) in [5, 5.41) is 3.14. The van der Waals surface area contributed by atoms with Crippen LogP contribution in [0.2, 0.25) is 5.02 Å². The fourth-order valence-electron chi connectivity index (χ4n) is 2.15. The van der Waals surface area contributed by atoms with Gasteiger partial charge in [-0.3, -0.25) is 9.59 Å². The number of carbonyl (C=O) groups excluding carboxylic acids is 2. The van der Waals surface area contributed by atoms with Gasteiger partial charge >= 0.3 is 11.8 Å². The van der Waals surface area contributed by atoms with E-state index in [-0.39, 0.29) is 0 Å². The molecule has 1 aromatic rings. The van der Waals surface area contributed by atoms with Crippen molar-refractivity contribution < 1.29 is 14.3 Å². The molecule has 0 saturated heterocycles. The molecular formula is C16H23ClN2O3. The average molecular weight is 327 g/mol. The number of methoxy groups -OCH3 is 1. The molecule has 122 valence electrons. The zero-order valence-electron chi connectivity index (χ0n) is 13.9. The first-order valence-electron chi connectivity index (χ1n) is 7.08. The van der Waals surface area contributed by atoms with E-state index in [4.69, 9.17) is 16.3 Å². The highest BCUT2D eigenvalue weighted by Gasteiger charge is 2.30. The van der Waals surface area contributed by atoms with E-state index >= 15 is 0 Å². The standard InChI is InChI=1S/C16H23ClN2O3/c1-7-19(16(3,4)5)15(21)14(20)18-12-8-10(2)11(17)9-13(12)22-6/h8-9H,7H2,1-6H3,(H,18,20). The smallest absolute Gasteiger partial charge is 0.314 e. The summed E-state index contributed by atoms with van der Waals surface area (Å²) >= 11 is 6.03. The van der Waals surface area contributed by atoms with Gasteiger partial charge in [-0.2, -0.15) is 0 Å². The van der Waals surface area contributed by atoms with Gasteiger partial charge in [0, 0.05) is 23.2 Å². The molecule has 5 nitrogen and oxygen atoms in total. The minimum Gasteiger partial charge on any atom is -0.495 e. The summed E-state index contributed by atoms with van der Waals surface area (Å²) in [4.78, 5) is 26.1. The average Bonchev–Trinajstić information content (AvgIpc) is 2.41. The highest BCUT2D eigenvalue weighted by Crippen LogP contribution is 2.31. The van der Waals surface area contributed by atoms with Gasteiger partial charge in [-0.1, -0.05) is 11.6 Å². The topological polar surface area (TPSA) is 58.6 Å². The van der Waals surface area contributed by atoms with Crippen molar-refractivity contribution in [3.8, 4) is 5.75 Å². The number of hydrogen-bond acceptors (Lipinski definition) is 3. The predicted molar refractivity (Wildman–Crippen MR) is 88.5 cm³/mol. The molecule has 0 aliphatic carbocycles. The van der Waals surface area contributed by atoms with Crippen LogP contribution in [0.15, 0.2) is 12.1 Å². The van der Waals surface area contributed by atoms with Crippen LogP contribution in [0.5, 0.6) is 5.75 Å². The molecule has 6 heteroatoms. The van der Waals surface area contributed by atoms with Crippen molar-refractivity contribution in [2.75, 3.05) is 19.0 Å². The van der Waals surface area contributed by atoms with Gasteiger partial charge in [-0.15, -0.1) is 0 Å². The van der Waals surface area contributed by atoms with E-state index in [1.807, 2.05) is 34.6 Å². The molecule has 0 fully saturated rings. The maximum Gasteiger partial charge on any atom is 0.314 e. The quantitative estimate of drug-likeness (QED) is 0.867. The summed E-state index contributed by atoms with van der Waals surface area (Å²) < 4.78 is 5.19. The fraction of sp³-hybridized carbons (Fsp3) is 0.500. The van der Waals surface area contributed by atoms with E-state index < -0.39 is 17.4 Å². The molecule has 0 heterocycles. The SMILES string of the molecule is CCN(C(=O)C(=O)Nc1cc(C)c(Cl)cc1OC)C(C)(C)C. The molecule has 0 aromatic heterocycles. The monoisotopic (exact) mass is 326 g/mol. The van der Waals surface area contributed by atoms with Crippen LogP contribution in [0.25, 0.3) is 0 Å². The van der Waals surface area contributed by atoms with Crippen LogP contribution in [-0.4, -0.2) is 35.9 Å². The second-order valence-electron chi connectivity index (χ2n) is 5.98. The van der Waals surface area contributed by atoms with E-state index in [0.29, 0.717) is 23.0 Å². The Morgan fingerprint density at radius 1 is 1.32 bits per heavy atom. The third kappa shape index (κ3) is 4.13. The van der Waals surface area contributed by atoms with Gasteiger partial charge in [0.15, 0.2) is 0 Å². The summed E-state index contributed by atoms with van der Waals surface area (Å²) in [7, 11) is 1.48. The molecule has 1 rings (SSSR count). The summed E-state index contributed by atoms with van der Waals surface area (Å²) in [5.41, 5.74) is 0.782. The van der Waals surface area contributed by atoms with Crippen LogP contribution >= 0.6 is 11.6 Å². The second-order valence-corrected chi connectivity index (χ2v) is 6.38. The largest absolute Gasteiger partial charge is 0.495 e. The number of nitrogens with zero attached hydrogens (tertiary/aromatic N) is 1. The van der Waals surface area contributed by atoms with Crippen molar-refractivity contribution >= 4 is 29.1 Å². The maximum atomic E-state index is 12.3. The molecule has 1 N–H and O–H groups in total. The number of rotatable bonds is 3. The summed E-state index contributed by atoms with van der Waals surface area (Å²) in [6, 6.07) is 3.29. The molecule has 0 bridgehead atoms. The van der Waals surface area contributed by atoms with E-state index in [1.54, 1.807) is 12.1 Å². The zero-order chi connectivity index (χ0) is 17.1. The zero-order valence-corrected chi connectivity index (χ0v) is 14.7. The van der Waals surface area contributed by atoms with Crippen LogP contribution in [0.4, 0.5) is 5.69 Å². The normalized spacial score (nSPS) is 11.0. The Kier molecular flexibility index (Phi) is 5.83. The first-order valence-corrected chi connectivity index (χ1v) is 7.46. The third-order valence-electron chi connectivity index (χ3n) is 3.29. The number of nitrogens with one attached hydrogen (secondary N) is 1. The molecule has 0 saturated carbocycles. The van der Waals surface area contributed by atoms with Crippen molar-refractivity contribution in [2.45, 2.75) is 40.2 Å². The summed E-state index contributed by atoms with van der Waals surface area (Å²) in [6.45, 7) is 9.75. The summed E-state index contributed by atoms with van der Waals surface area (Å²) in [5.74, 6) is -0.864. The van der Waals surface area contributed by atoms with Crippen LogP contribution in [0.1, 0.15) is 33.3 Å². The number of carbonyl (C=O) groups is 2.